The highest BCUT2D eigenvalue weighted by Crippen LogP contribution is 2.38. The molecule has 1 atom stereocenters. The molecule has 0 aliphatic rings. The molecule has 0 saturated heterocycles. The van der Waals surface area contributed by atoms with Crippen LogP contribution in [0.5, 0.6) is 5.75 Å². The van der Waals surface area contributed by atoms with Crippen molar-refractivity contribution in [2.24, 2.45) is 0 Å². The lowest BCUT2D eigenvalue weighted by Crippen LogP contribution is -2.06. The Hall–Kier alpha value is -1.02. The van der Waals surface area contributed by atoms with E-state index in [1.807, 2.05) is 26.8 Å². The SMILES string of the molecule is CCOc1cc(C)c(Cl)c(C)c1C(C)CCC(C)=O. The monoisotopic (exact) mass is 282 g/mol. The molecule has 3 heteroatoms. The van der Waals surface area contributed by atoms with E-state index >= 15 is 0 Å². The van der Waals surface area contributed by atoms with Crippen molar-refractivity contribution in [3.8, 4) is 5.75 Å². The lowest BCUT2D eigenvalue weighted by Gasteiger charge is -2.21. The summed E-state index contributed by atoms with van der Waals surface area (Å²) in [6.45, 7) is 10.4. The van der Waals surface area contributed by atoms with E-state index in [1.165, 1.54) is 0 Å². The van der Waals surface area contributed by atoms with E-state index in [-0.39, 0.29) is 11.7 Å². The van der Waals surface area contributed by atoms with Crippen molar-refractivity contribution in [3.05, 3.63) is 27.8 Å². The van der Waals surface area contributed by atoms with Crippen molar-refractivity contribution in [2.75, 3.05) is 6.61 Å². The number of benzene rings is 1. The van der Waals surface area contributed by atoms with Gasteiger partial charge in [-0.1, -0.05) is 18.5 Å². The Balaban J connectivity index is 3.15. The molecule has 0 aliphatic carbocycles. The van der Waals surface area contributed by atoms with Crippen LogP contribution in [-0.2, 0) is 4.79 Å². The number of Topliss-reactive ketones (excluding diaryl/α,β-unsaturated/α-hetero) is 1. The fourth-order valence-electron chi connectivity index (χ4n) is 2.39. The van der Waals surface area contributed by atoms with Gasteiger partial charge in [-0.2, -0.15) is 0 Å². The summed E-state index contributed by atoms with van der Waals surface area (Å²) >= 11 is 6.34. The van der Waals surface area contributed by atoms with Gasteiger partial charge in [-0.15, -0.1) is 0 Å². The minimum atomic E-state index is 0.223. The van der Waals surface area contributed by atoms with Gasteiger partial charge in [-0.25, -0.2) is 0 Å². The molecule has 1 rings (SSSR count). The molecule has 0 radical (unpaired) electrons. The third-order valence-electron chi connectivity index (χ3n) is 3.41. The van der Waals surface area contributed by atoms with Crippen LogP contribution in [0.15, 0.2) is 6.07 Å². The molecule has 0 spiro atoms. The maximum atomic E-state index is 11.1. The first kappa shape index (κ1) is 16.0. The molecule has 2 nitrogen and oxygen atoms in total. The smallest absolute Gasteiger partial charge is 0.129 e. The van der Waals surface area contributed by atoms with Gasteiger partial charge in [0, 0.05) is 17.0 Å². The first-order chi connectivity index (χ1) is 8.88. The van der Waals surface area contributed by atoms with E-state index in [9.17, 15) is 4.79 Å². The van der Waals surface area contributed by atoms with Crippen molar-refractivity contribution < 1.29 is 9.53 Å². The van der Waals surface area contributed by atoms with Crippen molar-refractivity contribution >= 4 is 17.4 Å². The molecule has 0 heterocycles. The highest BCUT2D eigenvalue weighted by atomic mass is 35.5. The summed E-state index contributed by atoms with van der Waals surface area (Å²) in [4.78, 5) is 11.1. The molecule has 106 valence electrons. The predicted molar refractivity (Wildman–Crippen MR) is 80.4 cm³/mol. The quantitative estimate of drug-likeness (QED) is 0.747. The number of halogens is 1. The van der Waals surface area contributed by atoms with Crippen LogP contribution < -0.4 is 4.74 Å². The van der Waals surface area contributed by atoms with Crippen LogP contribution in [0.4, 0.5) is 0 Å². The van der Waals surface area contributed by atoms with Gasteiger partial charge in [-0.05, 0) is 57.2 Å². The van der Waals surface area contributed by atoms with E-state index in [0.29, 0.717) is 13.0 Å². The fraction of sp³-hybridized carbons (Fsp3) is 0.562. The van der Waals surface area contributed by atoms with Gasteiger partial charge in [0.15, 0.2) is 0 Å². The van der Waals surface area contributed by atoms with Crippen LogP contribution in [-0.4, -0.2) is 12.4 Å². The molecule has 1 aromatic rings. The molecule has 0 amide bonds. The number of carbonyl (C=O) groups excluding carboxylic acids is 1. The highest BCUT2D eigenvalue weighted by molar-refractivity contribution is 6.32. The summed E-state index contributed by atoms with van der Waals surface area (Å²) in [5.41, 5.74) is 3.24. The Morgan fingerprint density at radius 1 is 1.42 bits per heavy atom. The summed E-state index contributed by atoms with van der Waals surface area (Å²) in [6.07, 6.45) is 1.42. The predicted octanol–water partition coefficient (Wildman–Crippen LogP) is 4.83. The van der Waals surface area contributed by atoms with Crippen LogP contribution in [0.1, 0.15) is 56.2 Å². The van der Waals surface area contributed by atoms with Crippen LogP contribution in [0.25, 0.3) is 0 Å². The summed E-state index contributed by atoms with van der Waals surface area (Å²) in [5.74, 6) is 1.39. The lowest BCUT2D eigenvalue weighted by molar-refractivity contribution is -0.117. The van der Waals surface area contributed by atoms with Gasteiger partial charge in [0.2, 0.25) is 0 Å². The summed E-state index contributed by atoms with van der Waals surface area (Å²) in [6, 6.07) is 2.00. The zero-order chi connectivity index (χ0) is 14.6. The van der Waals surface area contributed by atoms with Crippen LogP contribution in [0.2, 0.25) is 5.02 Å². The van der Waals surface area contributed by atoms with Crippen LogP contribution >= 0.6 is 11.6 Å². The minimum absolute atomic E-state index is 0.223. The largest absolute Gasteiger partial charge is 0.494 e. The van der Waals surface area contributed by atoms with Gasteiger partial charge in [-0.3, -0.25) is 0 Å². The molecule has 0 fully saturated rings. The second-order valence-electron chi connectivity index (χ2n) is 5.12. The Morgan fingerprint density at radius 2 is 2.05 bits per heavy atom. The molecule has 1 unspecified atom stereocenters. The number of hydrogen-bond acceptors (Lipinski definition) is 2. The van der Waals surface area contributed by atoms with Gasteiger partial charge >= 0.3 is 0 Å². The van der Waals surface area contributed by atoms with Gasteiger partial charge < -0.3 is 9.53 Å². The van der Waals surface area contributed by atoms with E-state index < -0.39 is 0 Å². The van der Waals surface area contributed by atoms with Crippen molar-refractivity contribution in [1.29, 1.82) is 0 Å². The summed E-state index contributed by atoms with van der Waals surface area (Å²) in [7, 11) is 0. The molecular formula is C16H23ClO2. The number of carbonyl (C=O) groups is 1. The Morgan fingerprint density at radius 3 is 2.58 bits per heavy atom. The van der Waals surface area contributed by atoms with Gasteiger partial charge in [0.1, 0.15) is 11.5 Å². The second kappa shape index (κ2) is 6.95. The normalized spacial score (nSPS) is 12.3. The molecule has 0 aliphatic heterocycles. The third kappa shape index (κ3) is 3.97. The van der Waals surface area contributed by atoms with Crippen molar-refractivity contribution in [3.63, 3.8) is 0 Å². The molecule has 0 bridgehead atoms. The average molecular weight is 283 g/mol. The zero-order valence-electron chi connectivity index (χ0n) is 12.5. The Kier molecular flexibility index (Phi) is 5.86. The second-order valence-corrected chi connectivity index (χ2v) is 5.50. The first-order valence-corrected chi connectivity index (χ1v) is 7.18. The maximum absolute atomic E-state index is 11.1. The van der Waals surface area contributed by atoms with E-state index in [0.717, 1.165) is 33.9 Å². The third-order valence-corrected chi connectivity index (χ3v) is 4.00. The standard InChI is InChI=1S/C16H23ClO2/c1-6-19-14-9-11(3)16(17)13(5)15(14)10(2)7-8-12(4)18/h9-10H,6-8H2,1-5H3. The zero-order valence-corrected chi connectivity index (χ0v) is 13.2. The molecule has 0 N–H and O–H groups in total. The number of ketones is 1. The van der Waals surface area contributed by atoms with Crippen LogP contribution in [0, 0.1) is 13.8 Å². The van der Waals surface area contributed by atoms with E-state index in [2.05, 4.69) is 6.92 Å². The molecule has 0 saturated carbocycles. The van der Waals surface area contributed by atoms with E-state index in [4.69, 9.17) is 16.3 Å². The Bertz CT molecular complexity index is 466. The first-order valence-electron chi connectivity index (χ1n) is 6.80. The number of ether oxygens (including phenoxy) is 1. The maximum Gasteiger partial charge on any atom is 0.129 e. The fourth-order valence-corrected chi connectivity index (χ4v) is 2.54. The van der Waals surface area contributed by atoms with Crippen molar-refractivity contribution in [1.82, 2.24) is 0 Å². The summed E-state index contributed by atoms with van der Waals surface area (Å²) < 4.78 is 5.74. The van der Waals surface area contributed by atoms with Gasteiger partial charge in [0.05, 0.1) is 6.61 Å². The molecule has 1 aromatic carbocycles. The average Bonchev–Trinajstić information content (AvgIpc) is 2.34. The molecular weight excluding hydrogens is 260 g/mol. The molecule has 19 heavy (non-hydrogen) atoms. The highest BCUT2D eigenvalue weighted by Gasteiger charge is 2.18. The van der Waals surface area contributed by atoms with E-state index in [1.54, 1.807) is 6.92 Å². The summed E-state index contributed by atoms with van der Waals surface area (Å²) in [5, 5.41) is 0.799. The minimum Gasteiger partial charge on any atom is -0.494 e. The lowest BCUT2D eigenvalue weighted by atomic mass is 9.90. The topological polar surface area (TPSA) is 26.3 Å². The number of rotatable bonds is 6. The number of aryl methyl sites for hydroxylation is 1. The molecule has 0 aromatic heterocycles. The number of hydrogen-bond donors (Lipinski definition) is 0. The van der Waals surface area contributed by atoms with Gasteiger partial charge in [0.25, 0.3) is 0 Å². The Labute approximate surface area is 121 Å². The van der Waals surface area contributed by atoms with Crippen LogP contribution in [0.3, 0.4) is 0 Å². The van der Waals surface area contributed by atoms with Crippen molar-refractivity contribution in [2.45, 2.75) is 53.4 Å².